The second kappa shape index (κ2) is 42.8. The van der Waals surface area contributed by atoms with Crippen molar-refractivity contribution < 1.29 is 66.8 Å². The Morgan fingerprint density at radius 1 is 0.418 bits per heavy atom. The highest BCUT2D eigenvalue weighted by Gasteiger charge is 2.35. The van der Waals surface area contributed by atoms with Gasteiger partial charge in [-0.25, -0.2) is 19.0 Å². The van der Waals surface area contributed by atoms with Crippen LogP contribution >= 0.6 is 0 Å². The number of nitrogens with zero attached hydrogens (tertiary/aromatic N) is 8. The van der Waals surface area contributed by atoms with Crippen molar-refractivity contribution in [3.8, 4) is 45.0 Å². The summed E-state index contributed by atoms with van der Waals surface area (Å²) in [6.45, 7) is 29.2. The van der Waals surface area contributed by atoms with Crippen molar-refractivity contribution in [2.45, 2.75) is 197 Å². The standard InChI is InChI=1S/2C41H59N7O7/c1-40(2,3)38(51)32(44-41(4,5)6)17-12-13-21-43-39(52)55-25-23-48-37-30-15-9-8-14-29(30)28-47(33-18-11-10-16-31(33)36(37)45-46-48)35(50)20-19-34(49)42-22-24-54-27-26-53-7;1-40(2,3)38(51)32(44-41(4,5)6)17-12-13-21-43-39(52)55-25-23-48-37-31-16-10-11-18-33(31)47(28-29-14-8-9-15-30(29)36(37)45-46-48)35(50)20-19-34(49)42-22-24-54-27-26-53-7/h2*8-11,14-16,18,32,44H,12-13,17,19-28H2,1-7H3,(H,42,49)(H,43,52). The number of alkyl carbamates (subject to hydrolysis) is 2. The van der Waals surface area contributed by atoms with Crippen LogP contribution < -0.4 is 41.7 Å². The third-order valence-corrected chi connectivity index (χ3v) is 18.1. The average Bonchev–Trinajstić information content (AvgIpc) is 1.54. The predicted molar refractivity (Wildman–Crippen MR) is 423 cm³/mol. The van der Waals surface area contributed by atoms with Crippen LogP contribution in [-0.4, -0.2) is 194 Å². The number of carbonyl (C=O) groups is 8. The fourth-order valence-electron chi connectivity index (χ4n) is 12.8. The molecule has 0 bridgehead atoms. The summed E-state index contributed by atoms with van der Waals surface area (Å²) < 4.78 is 35.2. The van der Waals surface area contributed by atoms with Crippen molar-refractivity contribution in [2.24, 2.45) is 10.8 Å². The number of hydrogen-bond donors (Lipinski definition) is 6. The summed E-state index contributed by atoms with van der Waals surface area (Å²) >= 11 is 0. The van der Waals surface area contributed by atoms with Crippen molar-refractivity contribution in [3.05, 3.63) is 108 Å². The smallest absolute Gasteiger partial charge is 0.407 e. The molecule has 0 saturated heterocycles. The molecular weight excluding hydrogens is 1400 g/mol. The number of nitrogens with one attached hydrogen (secondary N) is 6. The summed E-state index contributed by atoms with van der Waals surface area (Å²) in [5.74, 6) is -0.480. The van der Waals surface area contributed by atoms with Gasteiger partial charge in [0.1, 0.15) is 24.6 Å². The SMILES string of the molecule is COCCOCCNC(=O)CCC(=O)N1Cc2ccccc2-c2c(nnn2CCOC(=O)NCCCCC(NC(C)(C)C)C(=O)C(C)(C)C)-c2ccccc21.COCCOCCNC(=O)CCC(=O)N1Cc2ccccc2-c2nnn(CCOC(=O)NCCCCC(NC(C)(C)C)C(=O)C(C)(C)C)c2-c2ccccc21. The molecule has 0 spiro atoms. The van der Waals surface area contributed by atoms with Gasteiger partial charge in [-0.05, 0) is 103 Å². The van der Waals surface area contributed by atoms with Crippen LogP contribution in [-0.2, 0) is 83.4 Å². The summed E-state index contributed by atoms with van der Waals surface area (Å²) in [5.41, 5.74) is 7.70. The zero-order valence-electron chi connectivity index (χ0n) is 67.1. The van der Waals surface area contributed by atoms with Gasteiger partial charge in [0.2, 0.25) is 23.6 Å². The van der Waals surface area contributed by atoms with Gasteiger partial charge in [-0.15, -0.1) is 10.2 Å². The van der Waals surface area contributed by atoms with Crippen molar-refractivity contribution in [3.63, 3.8) is 0 Å². The Bertz CT molecular complexity index is 4000. The number of rotatable bonds is 38. The largest absolute Gasteiger partial charge is 0.448 e. The summed E-state index contributed by atoms with van der Waals surface area (Å²) in [5, 5.41) is 36.2. The minimum Gasteiger partial charge on any atom is -0.448 e. The summed E-state index contributed by atoms with van der Waals surface area (Å²) in [7, 11) is 3.20. The number of fused-ring (bicyclic) bond motifs is 10. The second-order valence-electron chi connectivity index (χ2n) is 31.5. The van der Waals surface area contributed by atoms with E-state index in [2.05, 4.69) is 94.1 Å². The Labute approximate surface area is 648 Å². The number of benzene rings is 4. The number of hydrogen-bond acceptors (Lipinski definition) is 20. The van der Waals surface area contributed by atoms with E-state index >= 15 is 0 Å². The lowest BCUT2D eigenvalue weighted by Crippen LogP contribution is -2.50. The predicted octanol–water partition coefficient (Wildman–Crippen LogP) is 10.6. The first-order valence-electron chi connectivity index (χ1n) is 38.3. The number of para-hydroxylation sites is 2. The van der Waals surface area contributed by atoms with Crippen molar-refractivity contribution in [1.82, 2.24) is 61.9 Å². The van der Waals surface area contributed by atoms with E-state index in [1.807, 2.05) is 139 Å². The van der Waals surface area contributed by atoms with E-state index in [0.717, 1.165) is 51.9 Å². The van der Waals surface area contributed by atoms with E-state index < -0.39 is 23.0 Å². The fraction of sp³-hybridized carbons (Fsp3) is 0.561. The van der Waals surface area contributed by atoms with E-state index in [9.17, 15) is 38.4 Å². The van der Waals surface area contributed by atoms with E-state index in [4.69, 9.17) is 28.4 Å². The molecule has 110 heavy (non-hydrogen) atoms. The molecule has 2 aromatic heterocycles. The number of ether oxygens (including phenoxy) is 6. The molecule has 0 saturated carbocycles. The first-order valence-corrected chi connectivity index (χ1v) is 38.3. The van der Waals surface area contributed by atoms with Crippen LogP contribution in [0.2, 0.25) is 0 Å². The van der Waals surface area contributed by atoms with Crippen LogP contribution in [0.5, 0.6) is 0 Å². The van der Waals surface area contributed by atoms with Crippen molar-refractivity contribution in [1.29, 1.82) is 0 Å². The lowest BCUT2D eigenvalue weighted by Gasteiger charge is -2.32. The molecule has 4 aromatic carbocycles. The van der Waals surface area contributed by atoms with Gasteiger partial charge >= 0.3 is 12.2 Å². The number of unbranched alkanes of at least 4 members (excludes halogenated alkanes) is 2. The Balaban J connectivity index is 0.000000306. The molecule has 6 aromatic rings. The Kier molecular flexibility index (Phi) is 34.2. The Hall–Kier alpha value is -9.32. The highest BCUT2D eigenvalue weighted by molar-refractivity contribution is 6.03. The molecular formula is C82H118N14O14. The zero-order valence-corrected chi connectivity index (χ0v) is 67.1. The van der Waals surface area contributed by atoms with Crippen molar-refractivity contribution >= 4 is 58.8 Å². The molecule has 2 aliphatic heterocycles. The molecule has 0 aliphatic carbocycles. The number of ketones is 2. The molecule has 600 valence electrons. The molecule has 28 heteroatoms. The Morgan fingerprint density at radius 3 is 1.24 bits per heavy atom. The first-order chi connectivity index (χ1) is 52.4. The lowest BCUT2D eigenvalue weighted by molar-refractivity contribution is -0.129. The quantitative estimate of drug-likeness (QED) is 0.0196. The molecule has 0 radical (unpaired) electrons. The Morgan fingerprint density at radius 2 is 0.800 bits per heavy atom. The number of aromatic nitrogens is 6. The minimum atomic E-state index is -0.539. The van der Waals surface area contributed by atoms with E-state index in [0.29, 0.717) is 120 Å². The molecule has 2 unspecified atom stereocenters. The van der Waals surface area contributed by atoms with Crippen LogP contribution in [0.1, 0.15) is 158 Å². The zero-order chi connectivity index (χ0) is 80.0. The monoisotopic (exact) mass is 1520 g/mol. The van der Waals surface area contributed by atoms with Crippen LogP contribution in [0.25, 0.3) is 45.0 Å². The van der Waals surface area contributed by atoms with E-state index in [-0.39, 0.29) is 123 Å². The van der Waals surface area contributed by atoms with E-state index in [1.54, 1.807) is 33.4 Å². The van der Waals surface area contributed by atoms with Gasteiger partial charge in [-0.3, -0.25) is 28.8 Å². The van der Waals surface area contributed by atoms with Crippen LogP contribution in [0.15, 0.2) is 97.1 Å². The second-order valence-corrected chi connectivity index (χ2v) is 31.5. The minimum absolute atomic E-state index is 0.0175. The third kappa shape index (κ3) is 27.6. The van der Waals surface area contributed by atoms with Gasteiger partial charge in [0.15, 0.2) is 11.6 Å². The molecule has 28 nitrogen and oxygen atoms in total. The molecule has 0 fully saturated rings. The molecule has 6 amide bonds. The fourth-order valence-corrected chi connectivity index (χ4v) is 12.8. The van der Waals surface area contributed by atoms with Crippen molar-refractivity contribution in [2.75, 3.05) is 103 Å². The maximum absolute atomic E-state index is 13.8. The number of amides is 6. The van der Waals surface area contributed by atoms with Gasteiger partial charge in [0.25, 0.3) is 0 Å². The van der Waals surface area contributed by atoms with Gasteiger partial charge in [-0.2, -0.15) is 0 Å². The molecule has 2 aliphatic rings. The number of anilines is 2. The third-order valence-electron chi connectivity index (χ3n) is 18.1. The average molecular weight is 1520 g/mol. The van der Waals surface area contributed by atoms with Gasteiger partial charge < -0.3 is 70.1 Å². The topological polar surface area (TPSA) is 332 Å². The normalized spacial score (nSPS) is 13.1. The summed E-state index contributed by atoms with van der Waals surface area (Å²) in [6, 6.07) is 30.1. The van der Waals surface area contributed by atoms with E-state index in [1.165, 1.54) is 0 Å². The van der Waals surface area contributed by atoms with Crippen LogP contribution in [0, 0.1) is 10.8 Å². The van der Waals surface area contributed by atoms with Crippen LogP contribution in [0.3, 0.4) is 0 Å². The summed E-state index contributed by atoms with van der Waals surface area (Å²) in [6.07, 6.45) is 3.36. The highest BCUT2D eigenvalue weighted by Crippen LogP contribution is 2.43. The molecule has 8 rings (SSSR count). The molecule has 2 atom stereocenters. The number of Topliss-reactive ketones (excluding diaryl/α,β-unsaturated/α-hetero) is 2. The number of methoxy groups -OCH3 is 2. The number of carbonyl (C=O) groups excluding carboxylic acids is 8. The molecule has 6 N–H and O–H groups in total. The van der Waals surface area contributed by atoms with Crippen LogP contribution in [0.4, 0.5) is 21.0 Å². The van der Waals surface area contributed by atoms with Gasteiger partial charge in [0, 0.05) is 110 Å². The lowest BCUT2D eigenvalue weighted by atomic mass is 9.84. The van der Waals surface area contributed by atoms with Gasteiger partial charge in [-0.1, -0.05) is 137 Å². The maximum atomic E-state index is 13.8. The highest BCUT2D eigenvalue weighted by atomic mass is 16.6. The first kappa shape index (κ1) is 87.9. The van der Waals surface area contributed by atoms with Gasteiger partial charge in [0.05, 0.1) is 101 Å². The molecule has 4 heterocycles. The summed E-state index contributed by atoms with van der Waals surface area (Å²) in [4.78, 5) is 107. The maximum Gasteiger partial charge on any atom is 0.407 e.